The van der Waals surface area contributed by atoms with Gasteiger partial charge in [0.05, 0.1) is 50.9 Å². The van der Waals surface area contributed by atoms with Crippen LogP contribution in [-0.4, -0.2) is 6.15 Å². The second-order valence-electron chi connectivity index (χ2n) is 14.9. The van der Waals surface area contributed by atoms with Gasteiger partial charge in [-0.3, -0.25) is 0 Å². The van der Waals surface area contributed by atoms with E-state index in [-0.39, 0.29) is 0 Å². The van der Waals surface area contributed by atoms with Gasteiger partial charge in [-0.25, -0.2) is 0 Å². The first-order valence-electron chi connectivity index (χ1n) is 18.5. The summed E-state index contributed by atoms with van der Waals surface area (Å²) in [5, 5.41) is 1.27. The molecule has 0 fully saturated rings. The zero-order valence-electron chi connectivity index (χ0n) is 33.3. The van der Waals surface area contributed by atoms with Gasteiger partial charge in [-0.1, -0.05) is 78.1 Å². The van der Waals surface area contributed by atoms with E-state index in [1.54, 1.807) is 11.3 Å². The Morgan fingerprint density at radius 3 is 0.812 bits per heavy atom. The molecule has 0 aliphatic heterocycles. The van der Waals surface area contributed by atoms with Crippen LogP contribution in [0, 0.1) is 0 Å². The number of aromatic amines is 1. The highest BCUT2D eigenvalue weighted by Crippen LogP contribution is 2.41. The van der Waals surface area contributed by atoms with Crippen LogP contribution in [0.2, 0.25) is 0 Å². The molecule has 0 bridgehead atoms. The lowest BCUT2D eigenvalue weighted by molar-refractivity contribution is -0.349. The maximum absolute atomic E-state index is 14.2. The number of para-hydroxylation sites is 1. The van der Waals surface area contributed by atoms with Crippen LogP contribution in [-0.2, 0) is 55.8 Å². The van der Waals surface area contributed by atoms with E-state index in [1.165, 1.54) is 15.2 Å². The highest BCUT2D eigenvalue weighted by molar-refractivity contribution is 7.20. The molecule has 27 heteroatoms. The standard InChI is InChI=1S/C32H12BF24.C10H9NS/c34-25(35,36)13-1-14(26(37,38)39)6-21(5-13)33(22-7-15(27(40,41)42)2-16(8-22)28(43,44)45,23-9-17(29(46,47)48)3-18(10-23)30(49,50)51)24-11-19(31(52,53)54)4-20(12-24)32(55,56)57;1-2-5-10-11-8-6-3-4-7-9(8)12-10/h1-12H;2-4,6-7H,1,5H2/q-1;/p+1. The molecule has 1 N–H and O–H groups in total. The number of rotatable bonds is 6. The van der Waals surface area contributed by atoms with Gasteiger partial charge in [0, 0.05) is 6.07 Å². The van der Waals surface area contributed by atoms with Crippen LogP contribution >= 0.6 is 11.3 Å². The Kier molecular flexibility index (Phi) is 14.2. The topological polar surface area (TPSA) is 14.1 Å². The molecule has 0 atom stereocenters. The van der Waals surface area contributed by atoms with Crippen LogP contribution < -0.4 is 26.8 Å². The Morgan fingerprint density at radius 2 is 0.609 bits per heavy atom. The fourth-order valence-electron chi connectivity index (χ4n) is 7.26. The van der Waals surface area contributed by atoms with E-state index in [2.05, 4.69) is 29.8 Å². The van der Waals surface area contributed by atoms with Gasteiger partial charge in [0.1, 0.15) is 10.8 Å². The SMILES string of the molecule is C=CCc1[nH+]c2ccccc2s1.FC(F)(F)c1cc([B-](c2cc(C(F)(F)F)cc(C(F)(F)F)c2)(c2cc(C(F)(F)F)cc(C(F)(F)F)c2)c2cc(C(F)(F)F)cc(C(F)(F)F)c2)cc(C(F)(F)F)c1. The largest absolute Gasteiger partial charge is 0.416 e. The Labute approximate surface area is 374 Å². The summed E-state index contributed by atoms with van der Waals surface area (Å²) >= 11 is 1.80. The van der Waals surface area contributed by atoms with E-state index < -0.39 is 195 Å². The van der Waals surface area contributed by atoms with E-state index >= 15 is 0 Å². The normalized spacial score (nSPS) is 13.6. The zero-order chi connectivity index (χ0) is 52.3. The number of alkyl halides is 24. The minimum Gasteiger partial charge on any atom is -0.198 e. The molecule has 372 valence electrons. The van der Waals surface area contributed by atoms with Gasteiger partial charge in [-0.15, -0.1) is 6.58 Å². The van der Waals surface area contributed by atoms with Crippen LogP contribution in [0.25, 0.3) is 10.2 Å². The Morgan fingerprint density at radius 1 is 0.377 bits per heavy atom. The van der Waals surface area contributed by atoms with Crippen LogP contribution in [0.4, 0.5) is 105 Å². The molecule has 0 aliphatic rings. The summed E-state index contributed by atoms with van der Waals surface area (Å²) in [7, 11) is 0. The summed E-state index contributed by atoms with van der Waals surface area (Å²) in [4.78, 5) is 3.34. The average molecular weight is 1040 g/mol. The molecule has 0 radical (unpaired) electrons. The van der Waals surface area contributed by atoms with Gasteiger partial charge in [0.25, 0.3) is 0 Å². The number of allylic oxidation sites excluding steroid dienone is 1. The molecule has 69 heavy (non-hydrogen) atoms. The number of H-pyrrole nitrogens is 1. The molecule has 5 aromatic carbocycles. The van der Waals surface area contributed by atoms with Crippen molar-refractivity contribution in [1.29, 1.82) is 0 Å². The smallest absolute Gasteiger partial charge is 0.198 e. The maximum atomic E-state index is 14.2. The van der Waals surface area contributed by atoms with Crippen LogP contribution in [0.5, 0.6) is 0 Å². The summed E-state index contributed by atoms with van der Waals surface area (Å²) in [6, 6.07) is -0.482. The van der Waals surface area contributed by atoms with Gasteiger partial charge in [-0.05, 0) is 30.3 Å². The first-order chi connectivity index (χ1) is 31.2. The van der Waals surface area contributed by atoms with Crippen molar-refractivity contribution in [3.8, 4) is 0 Å². The van der Waals surface area contributed by atoms with Crippen molar-refractivity contribution in [2.75, 3.05) is 0 Å². The van der Waals surface area contributed by atoms with E-state index in [1.807, 2.05) is 12.1 Å². The monoisotopic (exact) mass is 1040 g/mol. The number of benzene rings is 5. The zero-order valence-corrected chi connectivity index (χ0v) is 34.1. The van der Waals surface area contributed by atoms with Crippen molar-refractivity contribution in [3.05, 3.63) is 159 Å². The average Bonchev–Trinajstić information content (AvgIpc) is 3.61. The van der Waals surface area contributed by atoms with Crippen molar-refractivity contribution in [2.24, 2.45) is 0 Å². The van der Waals surface area contributed by atoms with E-state index in [0.29, 0.717) is 0 Å². The number of fused-ring (bicyclic) bond motifs is 1. The van der Waals surface area contributed by atoms with Crippen molar-refractivity contribution in [2.45, 2.75) is 55.8 Å². The Hall–Kier alpha value is -5.89. The molecule has 1 heterocycles. The summed E-state index contributed by atoms with van der Waals surface area (Å²) in [6.45, 7) is 3.71. The number of nitrogens with one attached hydrogen (secondary N) is 1. The number of halogens is 24. The van der Waals surface area contributed by atoms with Gasteiger partial charge >= 0.3 is 49.4 Å². The van der Waals surface area contributed by atoms with E-state index in [4.69, 9.17) is 0 Å². The molecular weight excluding hydrogens is 1020 g/mol. The first-order valence-corrected chi connectivity index (χ1v) is 19.3. The molecule has 0 saturated carbocycles. The van der Waals surface area contributed by atoms with Crippen LogP contribution in [0.15, 0.2) is 110 Å². The van der Waals surface area contributed by atoms with Gasteiger partial charge in [0.2, 0.25) is 10.5 Å². The Balaban J connectivity index is 0.000000636. The highest BCUT2D eigenvalue weighted by Gasteiger charge is 2.47. The molecule has 0 spiro atoms. The fourth-order valence-corrected chi connectivity index (χ4v) is 8.27. The van der Waals surface area contributed by atoms with Gasteiger partial charge in [-0.2, -0.15) is 132 Å². The van der Waals surface area contributed by atoms with Gasteiger partial charge in [0.15, 0.2) is 0 Å². The molecule has 6 rings (SSSR count). The van der Waals surface area contributed by atoms with E-state index in [0.717, 1.165) is 6.42 Å². The van der Waals surface area contributed by atoms with Crippen molar-refractivity contribution < 1.29 is 110 Å². The second-order valence-corrected chi connectivity index (χ2v) is 16.0. The predicted octanol–water partition coefficient (Wildman–Crippen LogP) is 13.7. The molecule has 0 aliphatic carbocycles. The van der Waals surface area contributed by atoms with Crippen molar-refractivity contribution in [3.63, 3.8) is 0 Å². The number of thiazole rings is 1. The lowest BCUT2D eigenvalue weighted by atomic mass is 9.12. The highest BCUT2D eigenvalue weighted by atomic mass is 32.1. The molecule has 0 unspecified atom stereocenters. The number of hydrogen-bond donors (Lipinski definition) is 0. The summed E-state index contributed by atoms with van der Waals surface area (Å²) < 4.78 is 342. The molecular formula is C42H22BF24NS. The molecule has 1 nitrogen and oxygen atoms in total. The summed E-state index contributed by atoms with van der Waals surface area (Å²) in [6.07, 6.45) is -52.0. The summed E-state index contributed by atoms with van der Waals surface area (Å²) in [5.41, 5.74) is -29.0. The van der Waals surface area contributed by atoms with E-state index in [9.17, 15) is 105 Å². The summed E-state index contributed by atoms with van der Waals surface area (Å²) in [5.74, 6) is 0. The fraction of sp³-hybridized carbons (Fsp3) is 0.214. The maximum Gasteiger partial charge on any atom is 0.416 e. The lowest BCUT2D eigenvalue weighted by Gasteiger charge is -2.46. The third-order valence-corrected chi connectivity index (χ3v) is 11.3. The van der Waals surface area contributed by atoms with Crippen LogP contribution in [0.3, 0.4) is 0 Å². The van der Waals surface area contributed by atoms with Crippen molar-refractivity contribution in [1.82, 2.24) is 0 Å². The molecule has 0 amide bonds. The van der Waals surface area contributed by atoms with Crippen molar-refractivity contribution >= 4 is 49.6 Å². The lowest BCUT2D eigenvalue weighted by Crippen LogP contribution is -2.75. The minimum absolute atomic E-state index is 0.691. The predicted molar refractivity (Wildman–Crippen MR) is 202 cm³/mol. The van der Waals surface area contributed by atoms with Crippen LogP contribution in [0.1, 0.15) is 49.5 Å². The Bertz CT molecular complexity index is 2360. The minimum atomic E-state index is -6.13. The molecule has 0 saturated heterocycles. The first kappa shape index (κ1) is 54.1. The second kappa shape index (κ2) is 18.1. The third-order valence-electron chi connectivity index (χ3n) is 10.2. The number of aromatic nitrogens is 1. The van der Waals surface area contributed by atoms with Gasteiger partial charge < -0.3 is 0 Å². The molecule has 1 aromatic heterocycles. The molecule has 6 aromatic rings. The number of hydrogen-bond acceptors (Lipinski definition) is 1. The third kappa shape index (κ3) is 12.1. The quantitative estimate of drug-likeness (QED) is 0.0897.